The van der Waals surface area contributed by atoms with Gasteiger partial charge in [-0.2, -0.15) is 5.26 Å². The smallest absolute Gasteiger partial charge is 0.228 e. The Morgan fingerprint density at radius 1 is 1.19 bits per heavy atom. The van der Waals surface area contributed by atoms with Crippen molar-refractivity contribution in [2.45, 2.75) is 19.3 Å². The van der Waals surface area contributed by atoms with Crippen molar-refractivity contribution in [1.82, 2.24) is 9.90 Å². The third-order valence-electron chi connectivity index (χ3n) is 4.74. The largest absolute Gasteiger partial charge is 0.354 e. The van der Waals surface area contributed by atoms with Crippen LogP contribution in [0, 0.1) is 11.3 Å². The predicted molar refractivity (Wildman–Crippen MR) is 93.9 cm³/mol. The molecule has 7 heteroatoms. The zero-order chi connectivity index (χ0) is 17.7. The number of aromatic nitrogens is 2. The van der Waals surface area contributed by atoms with Gasteiger partial charge in [-0.1, -0.05) is 6.07 Å². The molecular weight excluding hydrogens is 332 g/mol. The van der Waals surface area contributed by atoms with Gasteiger partial charge in [0.15, 0.2) is 0 Å². The van der Waals surface area contributed by atoms with E-state index < -0.39 is 0 Å². The minimum absolute atomic E-state index is 0.0553. The maximum Gasteiger partial charge on any atom is 0.228 e. The molecule has 0 fully saturated rings. The summed E-state index contributed by atoms with van der Waals surface area (Å²) in [6, 6.07) is 13.9. The second-order valence-electron chi connectivity index (χ2n) is 6.38. The number of nitrogens with one attached hydrogen (secondary N) is 2. The van der Waals surface area contributed by atoms with Gasteiger partial charge in [-0.05, 0) is 47.9 Å². The first kappa shape index (κ1) is 14.7. The minimum Gasteiger partial charge on any atom is -0.354 e. The third kappa shape index (κ3) is 2.31. The van der Waals surface area contributed by atoms with Gasteiger partial charge in [0.2, 0.25) is 5.91 Å². The number of aromatic amines is 1. The molecule has 26 heavy (non-hydrogen) atoms. The summed E-state index contributed by atoms with van der Waals surface area (Å²) in [4.78, 5) is 17.2. The van der Waals surface area contributed by atoms with Gasteiger partial charge in [-0.15, -0.1) is 9.36 Å². The summed E-state index contributed by atoms with van der Waals surface area (Å²) in [7, 11) is 0. The quantitative estimate of drug-likeness (QED) is 0.552. The zero-order valence-corrected chi connectivity index (χ0v) is 13.7. The number of benzene rings is 2. The van der Waals surface area contributed by atoms with Gasteiger partial charge < -0.3 is 10.3 Å². The van der Waals surface area contributed by atoms with Crippen LogP contribution >= 0.6 is 0 Å². The zero-order valence-electron chi connectivity index (χ0n) is 13.7. The number of nitrogens with zero attached hydrogens (tertiary/aromatic N) is 2. The fourth-order valence-electron chi connectivity index (χ4n) is 3.48. The lowest BCUT2D eigenvalue weighted by Gasteiger charge is -2.09. The van der Waals surface area contributed by atoms with Crippen LogP contribution < -0.4 is 5.32 Å². The number of hydrogen-bond donors (Lipinski definition) is 2. The van der Waals surface area contributed by atoms with Gasteiger partial charge >= 0.3 is 0 Å². The number of H-pyrrole nitrogens is 1. The number of carbonyl (C=O) groups is 1. The Hall–Kier alpha value is -3.66. The van der Waals surface area contributed by atoms with Gasteiger partial charge in [0.25, 0.3) is 0 Å². The molecule has 0 saturated carbocycles. The molecule has 0 radical (unpaired) electrons. The molecule has 0 aliphatic carbocycles. The number of carbonyl (C=O) groups excluding carboxylic acids is 1. The van der Waals surface area contributed by atoms with Crippen LogP contribution in [0.2, 0.25) is 0 Å². The van der Waals surface area contributed by atoms with E-state index in [1.165, 1.54) is 4.91 Å². The van der Waals surface area contributed by atoms with E-state index >= 15 is 0 Å². The molecule has 2 N–H and O–H groups in total. The summed E-state index contributed by atoms with van der Waals surface area (Å²) in [5.41, 5.74) is 6.37. The van der Waals surface area contributed by atoms with E-state index in [1.807, 2.05) is 36.4 Å². The Morgan fingerprint density at radius 3 is 2.88 bits per heavy atom. The lowest BCUT2D eigenvalue weighted by Crippen LogP contribution is -2.12. The van der Waals surface area contributed by atoms with Crippen molar-refractivity contribution in [2.24, 2.45) is 0 Å². The fourth-order valence-corrected chi connectivity index (χ4v) is 3.48. The SMILES string of the molecule is N#CCCc1ccc2c(c1)-c1[nH]c3ccc(-n4oo4)cc3c1CC(=O)N2. The maximum absolute atomic E-state index is 12.4. The number of rotatable bonds is 3. The van der Waals surface area contributed by atoms with Crippen molar-refractivity contribution in [3.63, 3.8) is 0 Å². The first-order chi connectivity index (χ1) is 12.7. The van der Waals surface area contributed by atoms with Crippen molar-refractivity contribution in [3.05, 3.63) is 47.5 Å². The number of anilines is 1. The van der Waals surface area contributed by atoms with Crippen LogP contribution in [0.1, 0.15) is 17.5 Å². The molecular formula is C19H14N4O3. The molecule has 4 aromatic rings. The number of fused-ring (bicyclic) bond motifs is 5. The highest BCUT2D eigenvalue weighted by Gasteiger charge is 2.24. The van der Waals surface area contributed by atoms with Crippen LogP contribution in [0.15, 0.2) is 45.8 Å². The highest BCUT2D eigenvalue weighted by molar-refractivity contribution is 6.05. The van der Waals surface area contributed by atoms with Crippen molar-refractivity contribution >= 4 is 22.5 Å². The van der Waals surface area contributed by atoms with Crippen LogP contribution in [0.5, 0.6) is 0 Å². The van der Waals surface area contributed by atoms with E-state index in [-0.39, 0.29) is 12.3 Å². The number of nitriles is 1. The lowest BCUT2D eigenvalue weighted by molar-refractivity contribution is -0.115. The van der Waals surface area contributed by atoms with Gasteiger partial charge in [0.1, 0.15) is 5.69 Å². The summed E-state index contributed by atoms with van der Waals surface area (Å²) in [5.74, 6) is -0.0553. The van der Waals surface area contributed by atoms with Crippen molar-refractivity contribution in [1.29, 1.82) is 5.26 Å². The molecule has 7 nitrogen and oxygen atoms in total. The maximum atomic E-state index is 12.4. The molecule has 2 aromatic carbocycles. The van der Waals surface area contributed by atoms with E-state index in [1.54, 1.807) is 0 Å². The van der Waals surface area contributed by atoms with E-state index in [9.17, 15) is 4.79 Å². The van der Waals surface area contributed by atoms with Crippen molar-refractivity contribution in [2.75, 3.05) is 5.32 Å². The third-order valence-corrected chi connectivity index (χ3v) is 4.74. The fraction of sp³-hybridized carbons (Fsp3) is 0.158. The summed E-state index contributed by atoms with van der Waals surface area (Å²) >= 11 is 0. The van der Waals surface area contributed by atoms with Gasteiger partial charge in [0, 0.05) is 22.9 Å². The van der Waals surface area contributed by atoms with Crippen LogP contribution in [0.4, 0.5) is 5.69 Å². The second kappa shape index (κ2) is 5.43. The standard InChI is InChI=1S/C19H14N4O3/c20-7-1-2-11-3-5-17-15(8-11)19-14(10-18(24)21-17)13-9-12(23-25-26-23)4-6-16(13)22-19/h3-6,8-9,22H,1-2,10H2,(H,21,24). The molecule has 3 heterocycles. The molecule has 1 aliphatic rings. The number of hydrogen-bond acceptors (Lipinski definition) is 4. The van der Waals surface area contributed by atoms with Crippen LogP contribution in [0.3, 0.4) is 0 Å². The summed E-state index contributed by atoms with van der Waals surface area (Å²) in [6.07, 6.45) is 1.42. The molecule has 5 rings (SSSR count). The molecule has 0 bridgehead atoms. The molecule has 0 atom stereocenters. The normalized spacial score (nSPS) is 13.1. The molecule has 2 aromatic heterocycles. The molecule has 1 aliphatic heterocycles. The summed E-state index contributed by atoms with van der Waals surface area (Å²) < 4.78 is 9.47. The number of aryl methyl sites for hydroxylation is 1. The minimum atomic E-state index is -0.0553. The first-order valence-corrected chi connectivity index (χ1v) is 8.32. The van der Waals surface area contributed by atoms with Gasteiger partial charge in [0.05, 0.1) is 28.8 Å². The average molecular weight is 346 g/mol. The predicted octanol–water partition coefficient (Wildman–Crippen LogP) is 3.76. The second-order valence-corrected chi connectivity index (χ2v) is 6.38. The molecule has 0 saturated heterocycles. The Labute approximate surface area is 147 Å². The van der Waals surface area contributed by atoms with Crippen LogP contribution in [-0.4, -0.2) is 15.8 Å². The van der Waals surface area contributed by atoms with E-state index in [0.717, 1.165) is 44.7 Å². The van der Waals surface area contributed by atoms with E-state index in [2.05, 4.69) is 16.4 Å². The summed E-state index contributed by atoms with van der Waals surface area (Å²) in [5, 5.41) is 12.8. The summed E-state index contributed by atoms with van der Waals surface area (Å²) in [6.45, 7) is 0. The van der Waals surface area contributed by atoms with Gasteiger partial charge in [-0.3, -0.25) is 4.79 Å². The number of amides is 1. The Kier molecular flexibility index (Phi) is 3.06. The molecule has 0 unspecified atom stereocenters. The van der Waals surface area contributed by atoms with Crippen LogP contribution in [0.25, 0.3) is 27.8 Å². The highest BCUT2D eigenvalue weighted by Crippen LogP contribution is 2.38. The lowest BCUT2D eigenvalue weighted by atomic mass is 9.99. The Balaban J connectivity index is 1.72. The first-order valence-electron chi connectivity index (χ1n) is 8.32. The Morgan fingerprint density at radius 2 is 2.08 bits per heavy atom. The molecule has 0 spiro atoms. The van der Waals surface area contributed by atoms with Gasteiger partial charge in [-0.25, -0.2) is 0 Å². The van der Waals surface area contributed by atoms with Crippen molar-refractivity contribution in [3.8, 4) is 23.0 Å². The van der Waals surface area contributed by atoms with E-state index in [0.29, 0.717) is 12.8 Å². The van der Waals surface area contributed by atoms with Crippen molar-refractivity contribution < 1.29 is 14.2 Å². The average Bonchev–Trinajstić information content (AvgIpc) is 3.45. The molecule has 128 valence electrons. The topological polar surface area (TPSA) is 99.9 Å². The highest BCUT2D eigenvalue weighted by atomic mass is 17.3. The molecule has 1 amide bonds. The monoisotopic (exact) mass is 346 g/mol. The van der Waals surface area contributed by atoms with E-state index in [4.69, 9.17) is 14.6 Å². The van der Waals surface area contributed by atoms with Crippen LogP contribution in [-0.2, 0) is 17.6 Å². The Bertz CT molecular complexity index is 1170.